The second-order valence-corrected chi connectivity index (χ2v) is 6.11. The van der Waals surface area contributed by atoms with E-state index in [2.05, 4.69) is 18.7 Å². The lowest BCUT2D eigenvalue weighted by Crippen LogP contribution is -2.33. The molecule has 21 heavy (non-hydrogen) atoms. The highest BCUT2D eigenvalue weighted by Gasteiger charge is 2.17. The third-order valence-electron chi connectivity index (χ3n) is 3.94. The lowest BCUT2D eigenvalue weighted by Gasteiger charge is -2.28. The van der Waals surface area contributed by atoms with Crippen LogP contribution in [0.25, 0.3) is 0 Å². The van der Waals surface area contributed by atoms with Gasteiger partial charge in [-0.25, -0.2) is 4.79 Å². The average Bonchev–Trinajstić information content (AvgIpc) is 2.45. The largest absolute Gasteiger partial charge is 0.478 e. The van der Waals surface area contributed by atoms with Crippen LogP contribution in [0.2, 0.25) is 0 Å². The Balaban J connectivity index is 1.81. The number of ether oxygens (including phenoxy) is 1. The first-order valence-corrected chi connectivity index (χ1v) is 7.71. The van der Waals surface area contributed by atoms with Crippen LogP contribution in [-0.2, 0) is 17.7 Å². The number of hydrogen-bond acceptors (Lipinski definition) is 3. The molecular formula is C17H25NO3. The zero-order valence-electron chi connectivity index (χ0n) is 13.0. The van der Waals surface area contributed by atoms with Crippen LogP contribution in [0.5, 0.6) is 0 Å². The maximum atomic E-state index is 11.0. The summed E-state index contributed by atoms with van der Waals surface area (Å²) in [5, 5.41) is 9.06. The van der Waals surface area contributed by atoms with Gasteiger partial charge in [0.05, 0.1) is 12.2 Å². The van der Waals surface area contributed by atoms with Crippen LogP contribution in [0.15, 0.2) is 18.2 Å². The molecule has 4 heteroatoms. The fourth-order valence-electron chi connectivity index (χ4n) is 2.55. The van der Waals surface area contributed by atoms with E-state index in [4.69, 9.17) is 9.84 Å². The maximum absolute atomic E-state index is 11.0. The summed E-state index contributed by atoms with van der Waals surface area (Å²) in [4.78, 5) is 13.4. The molecule has 0 saturated heterocycles. The highest BCUT2D eigenvalue weighted by atomic mass is 16.5. The smallest absolute Gasteiger partial charge is 0.335 e. The summed E-state index contributed by atoms with van der Waals surface area (Å²) in [5.74, 6) is -0.173. The minimum absolute atomic E-state index is 0.379. The Morgan fingerprint density at radius 2 is 2.14 bits per heavy atom. The van der Waals surface area contributed by atoms with Crippen molar-refractivity contribution < 1.29 is 14.6 Å². The molecule has 0 bridgehead atoms. The number of hydrogen-bond donors (Lipinski definition) is 1. The molecule has 1 aliphatic rings. The van der Waals surface area contributed by atoms with Crippen molar-refractivity contribution in [3.8, 4) is 0 Å². The Morgan fingerprint density at radius 1 is 1.33 bits per heavy atom. The van der Waals surface area contributed by atoms with Gasteiger partial charge in [-0.1, -0.05) is 19.9 Å². The van der Waals surface area contributed by atoms with Crippen LogP contribution in [0.1, 0.15) is 41.8 Å². The predicted octanol–water partition coefficient (Wildman–Crippen LogP) is 2.81. The van der Waals surface area contributed by atoms with Gasteiger partial charge < -0.3 is 9.84 Å². The molecule has 4 nitrogen and oxygen atoms in total. The molecule has 1 heterocycles. The SMILES string of the molecule is CC(C)CCOCCN1CCc2ccc(C(=O)O)cc2C1. The zero-order chi connectivity index (χ0) is 15.2. The number of carboxylic acid groups (broad SMARTS) is 1. The number of aromatic carboxylic acids is 1. The van der Waals surface area contributed by atoms with Crippen molar-refractivity contribution in [2.24, 2.45) is 5.92 Å². The average molecular weight is 291 g/mol. The van der Waals surface area contributed by atoms with E-state index in [9.17, 15) is 4.79 Å². The molecule has 0 aliphatic carbocycles. The zero-order valence-corrected chi connectivity index (χ0v) is 13.0. The second-order valence-electron chi connectivity index (χ2n) is 6.11. The van der Waals surface area contributed by atoms with Crippen LogP contribution in [0.3, 0.4) is 0 Å². The fourth-order valence-corrected chi connectivity index (χ4v) is 2.55. The summed E-state index contributed by atoms with van der Waals surface area (Å²) in [6.45, 7) is 8.73. The minimum atomic E-state index is -0.855. The Hall–Kier alpha value is -1.39. The molecule has 116 valence electrons. The lowest BCUT2D eigenvalue weighted by atomic mass is 9.97. The van der Waals surface area contributed by atoms with Crippen LogP contribution in [-0.4, -0.2) is 42.3 Å². The van der Waals surface area contributed by atoms with Gasteiger partial charge in [-0.2, -0.15) is 0 Å². The van der Waals surface area contributed by atoms with Gasteiger partial charge in [0.25, 0.3) is 0 Å². The van der Waals surface area contributed by atoms with E-state index in [1.165, 1.54) is 5.56 Å². The van der Waals surface area contributed by atoms with E-state index in [1.54, 1.807) is 6.07 Å². The highest BCUT2D eigenvalue weighted by molar-refractivity contribution is 5.87. The van der Waals surface area contributed by atoms with Gasteiger partial charge in [0, 0.05) is 26.2 Å². The third kappa shape index (κ3) is 4.83. The van der Waals surface area contributed by atoms with E-state index < -0.39 is 5.97 Å². The first-order valence-electron chi connectivity index (χ1n) is 7.71. The Labute approximate surface area is 126 Å². The first kappa shape index (κ1) is 16.0. The van der Waals surface area contributed by atoms with Crippen molar-refractivity contribution in [3.63, 3.8) is 0 Å². The fraction of sp³-hybridized carbons (Fsp3) is 0.588. The molecule has 0 fully saturated rings. The summed E-state index contributed by atoms with van der Waals surface area (Å²) >= 11 is 0. The van der Waals surface area contributed by atoms with E-state index in [-0.39, 0.29) is 0 Å². The summed E-state index contributed by atoms with van der Waals surface area (Å²) in [7, 11) is 0. The highest BCUT2D eigenvalue weighted by Crippen LogP contribution is 2.20. The quantitative estimate of drug-likeness (QED) is 0.785. The Morgan fingerprint density at radius 3 is 2.86 bits per heavy atom. The summed E-state index contributed by atoms with van der Waals surface area (Å²) in [5.41, 5.74) is 2.80. The number of nitrogens with zero attached hydrogens (tertiary/aromatic N) is 1. The predicted molar refractivity (Wildman–Crippen MR) is 82.7 cm³/mol. The van der Waals surface area contributed by atoms with Gasteiger partial charge in [0.15, 0.2) is 0 Å². The molecule has 1 aliphatic heterocycles. The molecule has 0 atom stereocenters. The molecular weight excluding hydrogens is 266 g/mol. The van der Waals surface area contributed by atoms with Gasteiger partial charge in [0.1, 0.15) is 0 Å². The molecule has 1 aromatic rings. The topological polar surface area (TPSA) is 49.8 Å². The third-order valence-corrected chi connectivity index (χ3v) is 3.94. The van der Waals surface area contributed by atoms with E-state index in [0.29, 0.717) is 11.5 Å². The Bertz CT molecular complexity index is 485. The first-order chi connectivity index (χ1) is 10.1. The van der Waals surface area contributed by atoms with Crippen molar-refractivity contribution >= 4 is 5.97 Å². The number of rotatable bonds is 7. The monoisotopic (exact) mass is 291 g/mol. The van der Waals surface area contributed by atoms with Crippen molar-refractivity contribution in [2.45, 2.75) is 33.2 Å². The molecule has 0 unspecified atom stereocenters. The van der Waals surface area contributed by atoms with Crippen molar-refractivity contribution in [1.29, 1.82) is 0 Å². The number of benzene rings is 1. The molecule has 0 aromatic heterocycles. The summed E-state index contributed by atoms with van der Waals surface area (Å²) in [6, 6.07) is 5.46. The van der Waals surface area contributed by atoms with Crippen LogP contribution in [0.4, 0.5) is 0 Å². The molecule has 0 radical (unpaired) electrons. The Kier molecular flexibility index (Phi) is 5.76. The number of carboxylic acids is 1. The maximum Gasteiger partial charge on any atom is 0.335 e. The molecule has 1 N–H and O–H groups in total. The van der Waals surface area contributed by atoms with E-state index in [1.807, 2.05) is 12.1 Å². The van der Waals surface area contributed by atoms with Crippen LogP contribution < -0.4 is 0 Å². The molecule has 1 aromatic carbocycles. The summed E-state index contributed by atoms with van der Waals surface area (Å²) in [6.07, 6.45) is 2.09. The van der Waals surface area contributed by atoms with E-state index >= 15 is 0 Å². The molecule has 0 spiro atoms. The van der Waals surface area contributed by atoms with E-state index in [0.717, 1.165) is 51.3 Å². The molecule has 0 saturated carbocycles. The second kappa shape index (κ2) is 7.57. The van der Waals surface area contributed by atoms with Crippen molar-refractivity contribution in [2.75, 3.05) is 26.3 Å². The normalized spacial score (nSPS) is 15.2. The van der Waals surface area contributed by atoms with Gasteiger partial charge >= 0.3 is 5.97 Å². The van der Waals surface area contributed by atoms with Crippen LogP contribution in [0, 0.1) is 5.92 Å². The number of fused-ring (bicyclic) bond motifs is 1. The van der Waals surface area contributed by atoms with Crippen LogP contribution >= 0.6 is 0 Å². The van der Waals surface area contributed by atoms with Gasteiger partial charge in [-0.3, -0.25) is 4.90 Å². The minimum Gasteiger partial charge on any atom is -0.478 e. The standard InChI is InChI=1S/C17H25NO3/c1-13(2)6-9-21-10-8-18-7-5-14-3-4-15(17(19)20)11-16(14)12-18/h3-4,11,13H,5-10,12H2,1-2H3,(H,19,20). The molecule has 2 rings (SSSR count). The summed E-state index contributed by atoms with van der Waals surface area (Å²) < 4.78 is 5.66. The molecule has 0 amide bonds. The van der Waals surface area contributed by atoms with Crippen molar-refractivity contribution in [3.05, 3.63) is 34.9 Å². The van der Waals surface area contributed by atoms with Crippen molar-refractivity contribution in [1.82, 2.24) is 4.90 Å². The lowest BCUT2D eigenvalue weighted by molar-refractivity contribution is 0.0696. The van der Waals surface area contributed by atoms with Gasteiger partial charge in [-0.15, -0.1) is 0 Å². The number of carbonyl (C=O) groups is 1. The van der Waals surface area contributed by atoms with Gasteiger partial charge in [0.2, 0.25) is 0 Å². The van der Waals surface area contributed by atoms with Gasteiger partial charge in [-0.05, 0) is 42.0 Å².